The van der Waals surface area contributed by atoms with E-state index in [0.717, 1.165) is 4.90 Å². The van der Waals surface area contributed by atoms with E-state index >= 15 is 0 Å². The van der Waals surface area contributed by atoms with E-state index in [1.54, 1.807) is 30.3 Å². The highest BCUT2D eigenvalue weighted by Crippen LogP contribution is 2.40. The van der Waals surface area contributed by atoms with Crippen molar-refractivity contribution in [2.45, 2.75) is 31.0 Å². The number of amides is 1. The van der Waals surface area contributed by atoms with Crippen molar-refractivity contribution in [1.29, 1.82) is 0 Å². The van der Waals surface area contributed by atoms with Crippen LogP contribution >= 0.6 is 0 Å². The Hall–Kier alpha value is -1.83. The third-order valence-corrected chi connectivity index (χ3v) is 3.62. The third-order valence-electron chi connectivity index (χ3n) is 3.62. The Balaban J connectivity index is 1.91. The van der Waals surface area contributed by atoms with Crippen LogP contribution in [0.2, 0.25) is 0 Å². The second kappa shape index (κ2) is 6.12. The van der Waals surface area contributed by atoms with Crippen LogP contribution in [0.1, 0.15) is 12.0 Å². The molecule has 4 nitrogen and oxygen atoms in total. The van der Waals surface area contributed by atoms with Gasteiger partial charge in [0.25, 0.3) is 0 Å². The van der Waals surface area contributed by atoms with Crippen LogP contribution in [0.4, 0.5) is 22.4 Å². The predicted octanol–water partition coefficient (Wildman–Crippen LogP) is 2.66. The maximum atomic E-state index is 13.7. The summed E-state index contributed by atoms with van der Waals surface area (Å²) in [6.45, 7) is -1.34. The molecule has 1 N–H and O–H groups in total. The Kier molecular flexibility index (Phi) is 4.60. The number of carbonyl (C=O) groups excluding carboxylic acids is 1. The Bertz CT molecular complexity index is 523. The van der Waals surface area contributed by atoms with E-state index in [1.165, 1.54) is 0 Å². The van der Waals surface area contributed by atoms with Gasteiger partial charge in [0.2, 0.25) is 0 Å². The molecule has 1 aromatic rings. The smallest absolute Gasteiger partial charge is 0.420 e. The molecule has 1 aliphatic heterocycles. The molecule has 22 heavy (non-hydrogen) atoms. The summed E-state index contributed by atoms with van der Waals surface area (Å²) in [6.07, 6.45) is -9.51. The summed E-state index contributed by atoms with van der Waals surface area (Å²) in [5.74, 6) is 0. The van der Waals surface area contributed by atoms with Crippen molar-refractivity contribution >= 4 is 6.09 Å². The normalized spacial score (nSPS) is 25.9. The van der Waals surface area contributed by atoms with E-state index in [2.05, 4.69) is 0 Å². The zero-order valence-electron chi connectivity index (χ0n) is 11.5. The van der Waals surface area contributed by atoms with Gasteiger partial charge in [-0.05, 0) is 5.56 Å². The van der Waals surface area contributed by atoms with Crippen LogP contribution in [0.5, 0.6) is 0 Å². The molecule has 0 aromatic heterocycles. The first-order valence-corrected chi connectivity index (χ1v) is 6.63. The molecule has 0 aliphatic carbocycles. The lowest BCUT2D eigenvalue weighted by Gasteiger charge is -2.40. The minimum absolute atomic E-state index is 0.0589. The van der Waals surface area contributed by atoms with Gasteiger partial charge in [-0.3, -0.25) is 0 Å². The summed E-state index contributed by atoms with van der Waals surface area (Å²) >= 11 is 0. The van der Waals surface area contributed by atoms with Gasteiger partial charge in [-0.25, -0.2) is 9.18 Å². The molecule has 2 atom stereocenters. The van der Waals surface area contributed by atoms with Crippen molar-refractivity contribution < 1.29 is 32.2 Å². The lowest BCUT2D eigenvalue weighted by atomic mass is 9.89. The molecule has 0 unspecified atom stereocenters. The number of aliphatic hydroxyl groups is 1. The van der Waals surface area contributed by atoms with Crippen LogP contribution in [0.3, 0.4) is 0 Å². The highest BCUT2D eigenvalue weighted by Gasteiger charge is 2.61. The molecular weight excluding hydrogens is 306 g/mol. The number of ether oxygens (including phenoxy) is 1. The van der Waals surface area contributed by atoms with Crippen LogP contribution in [0, 0.1) is 0 Å². The molecule has 1 amide bonds. The van der Waals surface area contributed by atoms with Gasteiger partial charge in [-0.2, -0.15) is 13.2 Å². The van der Waals surface area contributed by atoms with Crippen LogP contribution in [0.15, 0.2) is 30.3 Å². The third kappa shape index (κ3) is 3.32. The van der Waals surface area contributed by atoms with E-state index in [9.17, 15) is 27.5 Å². The second-order valence-corrected chi connectivity index (χ2v) is 5.13. The second-order valence-electron chi connectivity index (χ2n) is 5.13. The topological polar surface area (TPSA) is 49.8 Å². The molecular formula is C14H15F4NO3. The van der Waals surface area contributed by atoms with Crippen LogP contribution in [-0.2, 0) is 11.3 Å². The van der Waals surface area contributed by atoms with Gasteiger partial charge in [0, 0.05) is 13.0 Å². The van der Waals surface area contributed by atoms with Gasteiger partial charge in [-0.15, -0.1) is 0 Å². The number of alkyl halides is 4. The zero-order chi connectivity index (χ0) is 16.4. The molecule has 0 radical (unpaired) electrons. The molecule has 0 bridgehead atoms. The van der Waals surface area contributed by atoms with E-state index in [1.807, 2.05) is 0 Å². The molecule has 2 rings (SSSR count). The van der Waals surface area contributed by atoms with Crippen molar-refractivity contribution in [1.82, 2.24) is 4.90 Å². The monoisotopic (exact) mass is 321 g/mol. The predicted molar refractivity (Wildman–Crippen MR) is 68.7 cm³/mol. The molecule has 0 spiro atoms. The lowest BCUT2D eigenvalue weighted by Crippen LogP contribution is -2.62. The van der Waals surface area contributed by atoms with Gasteiger partial charge in [-0.1, -0.05) is 30.3 Å². The number of benzene rings is 1. The van der Waals surface area contributed by atoms with Crippen molar-refractivity contribution in [3.8, 4) is 0 Å². The Morgan fingerprint density at radius 2 is 2.00 bits per heavy atom. The number of likely N-dealkylation sites (tertiary alicyclic amines) is 1. The largest absolute Gasteiger partial charge is 0.445 e. The summed E-state index contributed by atoms with van der Waals surface area (Å²) in [5.41, 5.74) is -2.71. The molecule has 8 heteroatoms. The highest BCUT2D eigenvalue weighted by molar-refractivity contribution is 5.68. The average molecular weight is 321 g/mol. The molecule has 1 heterocycles. The van der Waals surface area contributed by atoms with Gasteiger partial charge < -0.3 is 14.7 Å². The number of nitrogens with zero attached hydrogens (tertiary/aromatic N) is 1. The van der Waals surface area contributed by atoms with Gasteiger partial charge in [0.15, 0.2) is 11.8 Å². The Labute approximate surface area is 124 Å². The fourth-order valence-corrected chi connectivity index (χ4v) is 2.19. The molecule has 1 fully saturated rings. The van der Waals surface area contributed by atoms with Crippen LogP contribution in [0.25, 0.3) is 0 Å². The lowest BCUT2D eigenvalue weighted by molar-refractivity contribution is -0.291. The molecule has 1 aliphatic rings. The van der Waals surface area contributed by atoms with Crippen molar-refractivity contribution in [2.24, 2.45) is 0 Å². The standard InChI is InChI=1S/C14H15F4NO3/c15-11-8-19(7-6-13(11,21)14(16,17)18)12(20)22-9-10-4-2-1-3-5-10/h1-5,11,21H,6-9H2/t11-,13-/m0/s1. The van der Waals surface area contributed by atoms with E-state index in [0.29, 0.717) is 5.56 Å². The van der Waals surface area contributed by atoms with E-state index in [4.69, 9.17) is 4.74 Å². The summed E-state index contributed by atoms with van der Waals surface area (Å²) in [5, 5.41) is 9.40. The highest BCUT2D eigenvalue weighted by atomic mass is 19.4. The number of halogens is 4. The average Bonchev–Trinajstić information content (AvgIpc) is 2.47. The minimum Gasteiger partial charge on any atom is -0.445 e. The number of rotatable bonds is 2. The summed E-state index contributed by atoms with van der Waals surface area (Å²) in [7, 11) is 0. The van der Waals surface area contributed by atoms with Gasteiger partial charge in [0.05, 0.1) is 6.54 Å². The van der Waals surface area contributed by atoms with Gasteiger partial charge in [0.1, 0.15) is 6.61 Å². The van der Waals surface area contributed by atoms with Crippen molar-refractivity contribution in [2.75, 3.05) is 13.1 Å². The number of hydrogen-bond donors (Lipinski definition) is 1. The Morgan fingerprint density at radius 3 is 2.55 bits per heavy atom. The van der Waals surface area contributed by atoms with Gasteiger partial charge >= 0.3 is 12.3 Å². The van der Waals surface area contributed by atoms with Crippen molar-refractivity contribution in [3.63, 3.8) is 0 Å². The maximum Gasteiger partial charge on any atom is 0.420 e. The van der Waals surface area contributed by atoms with Crippen LogP contribution in [-0.4, -0.2) is 47.1 Å². The fraction of sp³-hybridized carbons (Fsp3) is 0.500. The zero-order valence-corrected chi connectivity index (χ0v) is 11.5. The first-order chi connectivity index (χ1) is 10.2. The summed E-state index contributed by atoms with van der Waals surface area (Å²) < 4.78 is 56.6. The quantitative estimate of drug-likeness (QED) is 0.852. The molecule has 1 aromatic carbocycles. The summed E-state index contributed by atoms with van der Waals surface area (Å²) in [4.78, 5) is 12.6. The number of hydrogen-bond acceptors (Lipinski definition) is 3. The first kappa shape index (κ1) is 16.5. The SMILES string of the molecule is O=C(OCc1ccccc1)N1CC[C@@](O)(C(F)(F)F)[C@@H](F)C1. The van der Waals surface area contributed by atoms with Crippen LogP contribution < -0.4 is 0 Å². The molecule has 0 saturated carbocycles. The molecule has 122 valence electrons. The fourth-order valence-electron chi connectivity index (χ4n) is 2.19. The van der Waals surface area contributed by atoms with E-state index < -0.39 is 43.6 Å². The Morgan fingerprint density at radius 1 is 1.36 bits per heavy atom. The van der Waals surface area contributed by atoms with Crippen molar-refractivity contribution in [3.05, 3.63) is 35.9 Å². The number of piperidine rings is 1. The minimum atomic E-state index is -5.08. The first-order valence-electron chi connectivity index (χ1n) is 6.63. The number of carbonyl (C=O) groups is 1. The molecule has 1 saturated heterocycles. The maximum absolute atomic E-state index is 13.7. The summed E-state index contributed by atoms with van der Waals surface area (Å²) in [6, 6.07) is 8.69. The van der Waals surface area contributed by atoms with E-state index in [-0.39, 0.29) is 6.61 Å².